The molecular weight excluding hydrogens is 935 g/mol. The standard InChI is InChI=1S/C74H39NO2/c76-73-71-59(42-20-10-3-11-21-42)69-57-38-34-53-49-30-28-47-51-32-36-55-61-45(40-16-6-1-7-17-40)26-27-46(41-18-8-2-9-19-41)62(61)56-37-33-52(65(51)67(55)56)48-29-31-50(64(49)63(47)48)54-35-39-58(68(57)66(53)54)70(69)60(43-22-12-4-13-23-43)72(71)74(77)75(73)44-24-14-5-15-25-44/h1-39H. The van der Waals surface area contributed by atoms with Crippen molar-refractivity contribution in [2.75, 3.05) is 4.90 Å². The van der Waals surface area contributed by atoms with Gasteiger partial charge < -0.3 is 0 Å². The SMILES string of the molecule is O=C1c2c(c(-c3ccccc3)c3c(c2-c2ccccc2)-c2ccc4c5ccc6c7ccc8c9c(ccc(c%10ccc(c%11ccc-3c2c4%11)c5c6%10)c97)-c2c(-c3ccccc3)ccc(-c3ccccc3)c2-8)C(=O)N1c1ccccc1. The third-order valence-electron chi connectivity index (χ3n) is 17.6. The van der Waals surface area contributed by atoms with Gasteiger partial charge in [-0.05, 0) is 165 Å². The van der Waals surface area contributed by atoms with E-state index in [-0.39, 0.29) is 11.8 Å². The van der Waals surface area contributed by atoms with Gasteiger partial charge in [-0.15, -0.1) is 0 Å². The number of imide groups is 1. The normalized spacial score (nSPS) is 13.2. The Morgan fingerprint density at radius 3 is 0.792 bits per heavy atom. The van der Waals surface area contributed by atoms with Crippen LogP contribution in [0.2, 0.25) is 0 Å². The zero-order valence-corrected chi connectivity index (χ0v) is 41.3. The van der Waals surface area contributed by atoms with E-state index in [0.29, 0.717) is 16.8 Å². The quantitative estimate of drug-likeness (QED) is 0.0979. The second-order valence-corrected chi connectivity index (χ2v) is 21.1. The van der Waals surface area contributed by atoms with Crippen molar-refractivity contribution in [3.63, 3.8) is 0 Å². The molecule has 2 amide bonds. The van der Waals surface area contributed by atoms with Crippen molar-refractivity contribution in [3.05, 3.63) is 248 Å². The molecule has 3 nitrogen and oxygen atoms in total. The molecule has 18 rings (SSSR count). The van der Waals surface area contributed by atoms with Crippen molar-refractivity contribution < 1.29 is 9.59 Å². The number of benzene rings is 15. The van der Waals surface area contributed by atoms with Gasteiger partial charge in [-0.2, -0.15) is 0 Å². The van der Waals surface area contributed by atoms with Crippen LogP contribution in [0.25, 0.3) is 164 Å². The summed E-state index contributed by atoms with van der Waals surface area (Å²) in [5.74, 6) is -0.613. The van der Waals surface area contributed by atoms with Gasteiger partial charge in [-0.1, -0.05) is 224 Å². The molecule has 3 aliphatic rings. The lowest BCUT2D eigenvalue weighted by atomic mass is 9.81. The molecule has 0 spiro atoms. The smallest absolute Gasteiger partial charge is 0.266 e. The van der Waals surface area contributed by atoms with E-state index >= 15 is 9.59 Å². The molecule has 0 unspecified atom stereocenters. The summed E-state index contributed by atoms with van der Waals surface area (Å²) in [6.45, 7) is 0. The van der Waals surface area contributed by atoms with Crippen molar-refractivity contribution in [2.45, 2.75) is 0 Å². The van der Waals surface area contributed by atoms with Gasteiger partial charge in [0.25, 0.3) is 11.8 Å². The summed E-state index contributed by atoms with van der Waals surface area (Å²) in [5.41, 5.74) is 19.1. The van der Waals surface area contributed by atoms with Gasteiger partial charge in [0.1, 0.15) is 0 Å². The summed E-state index contributed by atoms with van der Waals surface area (Å²) >= 11 is 0. The van der Waals surface area contributed by atoms with Crippen LogP contribution in [0.5, 0.6) is 0 Å². The molecule has 15 aromatic carbocycles. The van der Waals surface area contributed by atoms with E-state index in [4.69, 9.17) is 0 Å². The molecular formula is C74H39NO2. The Morgan fingerprint density at radius 1 is 0.195 bits per heavy atom. The topological polar surface area (TPSA) is 37.4 Å². The summed E-state index contributed by atoms with van der Waals surface area (Å²) < 4.78 is 0. The van der Waals surface area contributed by atoms with Crippen LogP contribution < -0.4 is 4.90 Å². The Labute approximate surface area is 441 Å². The van der Waals surface area contributed by atoms with Crippen molar-refractivity contribution in [2.24, 2.45) is 0 Å². The van der Waals surface area contributed by atoms with Crippen molar-refractivity contribution in [3.8, 4) is 89.0 Å². The fourth-order valence-corrected chi connectivity index (χ4v) is 14.6. The maximum atomic E-state index is 15.3. The molecule has 0 fully saturated rings. The number of carbonyl (C=O) groups is 2. The minimum Gasteiger partial charge on any atom is -0.268 e. The fourth-order valence-electron chi connectivity index (χ4n) is 14.6. The molecule has 1 aliphatic heterocycles. The highest BCUT2D eigenvalue weighted by molar-refractivity contribution is 6.47. The lowest BCUT2D eigenvalue weighted by Gasteiger charge is -2.20. The van der Waals surface area contributed by atoms with Gasteiger partial charge in [0.2, 0.25) is 0 Å². The second-order valence-electron chi connectivity index (χ2n) is 21.1. The van der Waals surface area contributed by atoms with Crippen molar-refractivity contribution >= 4 is 92.9 Å². The number of fused-ring (bicyclic) bond motifs is 11. The minimum absolute atomic E-state index is 0.306. The lowest BCUT2D eigenvalue weighted by Crippen LogP contribution is -2.29. The van der Waals surface area contributed by atoms with Gasteiger partial charge in [0.05, 0.1) is 16.8 Å². The van der Waals surface area contributed by atoms with E-state index < -0.39 is 0 Å². The Balaban J connectivity index is 0.914. The first-order valence-electron chi connectivity index (χ1n) is 26.5. The lowest BCUT2D eigenvalue weighted by molar-refractivity contribution is 0.0926. The Bertz CT molecular complexity index is 4850. The molecule has 2 aliphatic carbocycles. The van der Waals surface area contributed by atoms with Gasteiger partial charge in [0.15, 0.2) is 0 Å². The van der Waals surface area contributed by atoms with Crippen LogP contribution in [0.15, 0.2) is 237 Å². The van der Waals surface area contributed by atoms with Gasteiger partial charge in [0, 0.05) is 11.1 Å². The third-order valence-corrected chi connectivity index (χ3v) is 17.6. The van der Waals surface area contributed by atoms with Crippen LogP contribution in [-0.4, -0.2) is 11.8 Å². The number of rotatable bonds is 5. The first-order chi connectivity index (χ1) is 38.1. The van der Waals surface area contributed by atoms with E-state index in [1.165, 1.54) is 119 Å². The average Bonchev–Trinajstić information content (AvgIpc) is 4.19. The summed E-state index contributed by atoms with van der Waals surface area (Å²) in [4.78, 5) is 31.9. The summed E-state index contributed by atoms with van der Waals surface area (Å²) in [7, 11) is 0. The third kappa shape index (κ3) is 5.11. The Morgan fingerprint density at radius 2 is 0.455 bits per heavy atom. The first-order valence-corrected chi connectivity index (χ1v) is 26.5. The predicted molar refractivity (Wildman–Crippen MR) is 320 cm³/mol. The highest BCUT2D eigenvalue weighted by Crippen LogP contribution is 2.62. The summed E-state index contributed by atoms with van der Waals surface area (Å²) in [5, 5.41) is 17.5. The molecule has 0 aromatic heterocycles. The number of hydrogen-bond acceptors (Lipinski definition) is 2. The van der Waals surface area contributed by atoms with Gasteiger partial charge in [-0.25, -0.2) is 4.90 Å². The zero-order valence-electron chi connectivity index (χ0n) is 41.3. The van der Waals surface area contributed by atoms with Crippen LogP contribution in [-0.2, 0) is 0 Å². The summed E-state index contributed by atoms with van der Waals surface area (Å²) in [6.07, 6.45) is 0. The second kappa shape index (κ2) is 14.8. The molecule has 352 valence electrons. The first kappa shape index (κ1) is 41.2. The van der Waals surface area contributed by atoms with Crippen molar-refractivity contribution in [1.29, 1.82) is 0 Å². The van der Waals surface area contributed by atoms with Gasteiger partial charge >= 0.3 is 0 Å². The molecule has 0 saturated heterocycles. The van der Waals surface area contributed by atoms with Crippen LogP contribution in [0.3, 0.4) is 0 Å². The molecule has 0 bridgehead atoms. The highest BCUT2D eigenvalue weighted by atomic mass is 16.2. The number of hydrogen-bond donors (Lipinski definition) is 0. The molecule has 3 heteroatoms. The van der Waals surface area contributed by atoms with E-state index in [1.807, 2.05) is 66.7 Å². The largest absolute Gasteiger partial charge is 0.268 e. The average molecular weight is 974 g/mol. The number of nitrogens with zero attached hydrogens (tertiary/aromatic N) is 1. The Kier molecular flexibility index (Phi) is 7.89. The van der Waals surface area contributed by atoms with E-state index in [1.54, 1.807) is 0 Å². The van der Waals surface area contributed by atoms with Crippen LogP contribution in [0.1, 0.15) is 20.7 Å². The van der Waals surface area contributed by atoms with E-state index in [0.717, 1.165) is 49.9 Å². The Hall–Kier alpha value is -10.2. The molecule has 0 radical (unpaired) electrons. The fraction of sp³-hybridized carbons (Fsp3) is 0. The summed E-state index contributed by atoms with van der Waals surface area (Å²) in [6, 6.07) is 84.5. The number of amides is 2. The maximum Gasteiger partial charge on any atom is 0.266 e. The maximum absolute atomic E-state index is 15.3. The predicted octanol–water partition coefficient (Wildman–Crippen LogP) is 19.4. The van der Waals surface area contributed by atoms with E-state index in [2.05, 4.69) is 170 Å². The number of carbonyl (C=O) groups excluding carboxylic acids is 2. The van der Waals surface area contributed by atoms with Crippen LogP contribution >= 0.6 is 0 Å². The van der Waals surface area contributed by atoms with Crippen LogP contribution in [0, 0.1) is 0 Å². The molecule has 77 heavy (non-hydrogen) atoms. The van der Waals surface area contributed by atoms with Crippen LogP contribution in [0.4, 0.5) is 5.69 Å². The van der Waals surface area contributed by atoms with Gasteiger partial charge in [-0.3, -0.25) is 9.59 Å². The monoisotopic (exact) mass is 973 g/mol. The molecule has 0 N–H and O–H groups in total. The van der Waals surface area contributed by atoms with E-state index in [9.17, 15) is 0 Å². The molecule has 15 aromatic rings. The molecule has 0 saturated carbocycles. The number of para-hydroxylation sites is 1. The minimum atomic E-state index is -0.306. The van der Waals surface area contributed by atoms with Crippen molar-refractivity contribution in [1.82, 2.24) is 0 Å². The molecule has 0 atom stereocenters. The highest BCUT2D eigenvalue weighted by Gasteiger charge is 2.45. The number of anilines is 1. The molecule has 1 heterocycles. The zero-order chi connectivity index (χ0) is 50.4.